The van der Waals surface area contributed by atoms with Crippen molar-refractivity contribution in [2.45, 2.75) is 52.0 Å². The molecule has 128 valence electrons. The van der Waals surface area contributed by atoms with Gasteiger partial charge < -0.3 is 10.2 Å². The van der Waals surface area contributed by atoms with Crippen LogP contribution in [0.15, 0.2) is 6.20 Å². The molecule has 0 spiro atoms. The summed E-state index contributed by atoms with van der Waals surface area (Å²) in [6.45, 7) is 7.16. The maximum atomic E-state index is 12.7. The fourth-order valence-corrected chi connectivity index (χ4v) is 3.66. The van der Waals surface area contributed by atoms with Gasteiger partial charge in [0.1, 0.15) is 4.88 Å². The summed E-state index contributed by atoms with van der Waals surface area (Å²) in [7, 11) is 0. The summed E-state index contributed by atoms with van der Waals surface area (Å²) >= 11 is 1.57. The summed E-state index contributed by atoms with van der Waals surface area (Å²) in [6.07, 6.45) is 6.95. The van der Waals surface area contributed by atoms with E-state index in [9.17, 15) is 4.79 Å². The number of halogens is 2. The van der Waals surface area contributed by atoms with E-state index in [4.69, 9.17) is 0 Å². The molecular formula is C15H27Cl2N3OS. The van der Waals surface area contributed by atoms with Gasteiger partial charge in [0.15, 0.2) is 0 Å². The maximum absolute atomic E-state index is 12.7. The second kappa shape index (κ2) is 11.2. The molecule has 0 radical (unpaired) electrons. The van der Waals surface area contributed by atoms with E-state index in [-0.39, 0.29) is 30.7 Å². The quantitative estimate of drug-likeness (QED) is 0.835. The van der Waals surface area contributed by atoms with Crippen molar-refractivity contribution in [2.75, 3.05) is 19.6 Å². The van der Waals surface area contributed by atoms with Crippen LogP contribution in [0, 0.1) is 0 Å². The first-order valence-electron chi connectivity index (χ1n) is 7.72. The second-order valence-electron chi connectivity index (χ2n) is 5.35. The van der Waals surface area contributed by atoms with Crippen molar-refractivity contribution in [3.8, 4) is 0 Å². The van der Waals surface area contributed by atoms with E-state index in [1.165, 1.54) is 0 Å². The molecule has 4 nitrogen and oxygen atoms in total. The topological polar surface area (TPSA) is 45.2 Å². The lowest BCUT2D eigenvalue weighted by Crippen LogP contribution is -2.46. The van der Waals surface area contributed by atoms with Crippen LogP contribution in [0.2, 0.25) is 0 Å². The number of piperidine rings is 1. The standard InChI is InChI=1S/C15H25N3OS.2ClH/c1-3-5-14-17-11-13(20-14)15(19)18(10-4-2)12-6-8-16-9-7-12;;/h11-12,16H,3-10H2,1-2H3;2*1H. The molecule has 2 heterocycles. The molecule has 1 aromatic heterocycles. The number of nitrogens with one attached hydrogen (secondary N) is 1. The molecule has 2 rings (SSSR count). The van der Waals surface area contributed by atoms with Crippen LogP contribution in [-0.2, 0) is 6.42 Å². The Morgan fingerprint density at radius 1 is 1.32 bits per heavy atom. The van der Waals surface area contributed by atoms with E-state index in [2.05, 4.69) is 29.0 Å². The summed E-state index contributed by atoms with van der Waals surface area (Å²) in [5.74, 6) is 0.179. The fourth-order valence-electron chi connectivity index (χ4n) is 2.69. The summed E-state index contributed by atoms with van der Waals surface area (Å²) in [4.78, 5) is 20.0. The predicted octanol–water partition coefficient (Wildman–Crippen LogP) is 3.54. The smallest absolute Gasteiger partial charge is 0.265 e. The largest absolute Gasteiger partial charge is 0.335 e. The Labute approximate surface area is 149 Å². The number of hydrogen-bond acceptors (Lipinski definition) is 4. The van der Waals surface area contributed by atoms with Gasteiger partial charge in [-0.3, -0.25) is 4.79 Å². The number of aromatic nitrogens is 1. The number of carbonyl (C=O) groups is 1. The van der Waals surface area contributed by atoms with Crippen LogP contribution in [0.5, 0.6) is 0 Å². The Morgan fingerprint density at radius 3 is 2.59 bits per heavy atom. The lowest BCUT2D eigenvalue weighted by Gasteiger charge is -2.34. The van der Waals surface area contributed by atoms with Gasteiger partial charge in [-0.1, -0.05) is 13.8 Å². The highest BCUT2D eigenvalue weighted by Crippen LogP contribution is 2.21. The van der Waals surface area contributed by atoms with Crippen molar-refractivity contribution >= 4 is 42.1 Å². The predicted molar refractivity (Wildman–Crippen MR) is 97.8 cm³/mol. The molecule has 1 saturated heterocycles. The lowest BCUT2D eigenvalue weighted by molar-refractivity contribution is 0.0647. The molecule has 1 N–H and O–H groups in total. The third kappa shape index (κ3) is 5.69. The average molecular weight is 368 g/mol. The van der Waals surface area contributed by atoms with E-state index in [1.54, 1.807) is 17.5 Å². The number of aryl methyl sites for hydroxylation is 1. The van der Waals surface area contributed by atoms with Gasteiger partial charge in [0.2, 0.25) is 0 Å². The summed E-state index contributed by atoms with van der Waals surface area (Å²) in [6, 6.07) is 0.389. The number of hydrogen-bond donors (Lipinski definition) is 1. The molecule has 1 aromatic rings. The van der Waals surface area contributed by atoms with Crippen LogP contribution < -0.4 is 5.32 Å². The SMILES string of the molecule is CCCc1ncc(C(=O)N(CCC)C2CCNCC2)s1.Cl.Cl. The summed E-state index contributed by atoms with van der Waals surface area (Å²) in [5.41, 5.74) is 0. The molecule has 0 bridgehead atoms. The Kier molecular flexibility index (Phi) is 11.0. The van der Waals surface area contributed by atoms with Gasteiger partial charge in [0.25, 0.3) is 5.91 Å². The Morgan fingerprint density at radius 2 is 2.00 bits per heavy atom. The van der Waals surface area contributed by atoms with Gasteiger partial charge in [0.05, 0.1) is 11.2 Å². The molecule has 1 aliphatic heterocycles. The average Bonchev–Trinajstić information content (AvgIpc) is 2.94. The van der Waals surface area contributed by atoms with Crippen molar-refractivity contribution in [2.24, 2.45) is 0 Å². The zero-order chi connectivity index (χ0) is 14.4. The first-order chi connectivity index (χ1) is 9.76. The van der Waals surface area contributed by atoms with Crippen LogP contribution in [0.3, 0.4) is 0 Å². The van der Waals surface area contributed by atoms with E-state index < -0.39 is 0 Å². The third-order valence-corrected chi connectivity index (χ3v) is 4.75. The molecule has 0 unspecified atom stereocenters. The van der Waals surface area contributed by atoms with Crippen LogP contribution in [0.25, 0.3) is 0 Å². The Bertz CT molecular complexity index is 436. The van der Waals surface area contributed by atoms with Crippen molar-refractivity contribution in [1.29, 1.82) is 0 Å². The van der Waals surface area contributed by atoms with Gasteiger partial charge in [-0.05, 0) is 45.2 Å². The fraction of sp³-hybridized carbons (Fsp3) is 0.733. The Balaban J connectivity index is 0.00000220. The lowest BCUT2D eigenvalue weighted by atomic mass is 10.0. The highest BCUT2D eigenvalue weighted by atomic mass is 35.5. The van der Waals surface area contributed by atoms with Crippen molar-refractivity contribution in [1.82, 2.24) is 15.2 Å². The molecule has 22 heavy (non-hydrogen) atoms. The monoisotopic (exact) mass is 367 g/mol. The zero-order valence-corrected chi connectivity index (χ0v) is 15.8. The molecule has 1 aliphatic rings. The number of amides is 1. The van der Waals surface area contributed by atoms with E-state index in [1.807, 2.05) is 0 Å². The minimum absolute atomic E-state index is 0. The van der Waals surface area contributed by atoms with Crippen molar-refractivity contribution in [3.05, 3.63) is 16.1 Å². The zero-order valence-electron chi connectivity index (χ0n) is 13.3. The molecular weight excluding hydrogens is 341 g/mol. The molecule has 7 heteroatoms. The van der Waals surface area contributed by atoms with Gasteiger partial charge in [0, 0.05) is 12.6 Å². The van der Waals surface area contributed by atoms with Crippen molar-refractivity contribution in [3.63, 3.8) is 0 Å². The molecule has 0 atom stereocenters. The number of thiazole rings is 1. The maximum Gasteiger partial charge on any atom is 0.265 e. The first kappa shape index (κ1) is 21.6. The van der Waals surface area contributed by atoms with Gasteiger partial charge in [-0.2, -0.15) is 0 Å². The number of rotatable bonds is 6. The van der Waals surface area contributed by atoms with E-state index in [0.29, 0.717) is 6.04 Å². The van der Waals surface area contributed by atoms with Crippen molar-refractivity contribution < 1.29 is 4.79 Å². The molecule has 1 fully saturated rings. The molecule has 1 amide bonds. The van der Waals surface area contributed by atoms with Crippen LogP contribution in [0.4, 0.5) is 0 Å². The Hall–Kier alpha value is -0.360. The van der Waals surface area contributed by atoms with E-state index in [0.717, 1.165) is 61.6 Å². The van der Waals surface area contributed by atoms with Crippen LogP contribution >= 0.6 is 36.2 Å². The molecule has 0 aliphatic carbocycles. The third-order valence-electron chi connectivity index (χ3n) is 3.70. The highest BCUT2D eigenvalue weighted by Gasteiger charge is 2.26. The second-order valence-corrected chi connectivity index (χ2v) is 6.46. The summed E-state index contributed by atoms with van der Waals surface area (Å²) in [5, 5.41) is 4.44. The highest BCUT2D eigenvalue weighted by molar-refractivity contribution is 7.13. The van der Waals surface area contributed by atoms with Crippen LogP contribution in [0.1, 0.15) is 54.2 Å². The molecule has 0 saturated carbocycles. The van der Waals surface area contributed by atoms with E-state index >= 15 is 0 Å². The van der Waals surface area contributed by atoms with Gasteiger partial charge >= 0.3 is 0 Å². The van der Waals surface area contributed by atoms with Crippen LogP contribution in [-0.4, -0.2) is 41.5 Å². The number of carbonyl (C=O) groups excluding carboxylic acids is 1. The minimum atomic E-state index is 0. The normalized spacial score (nSPS) is 14.8. The first-order valence-corrected chi connectivity index (χ1v) is 8.54. The number of nitrogens with zero attached hydrogens (tertiary/aromatic N) is 2. The minimum Gasteiger partial charge on any atom is -0.335 e. The van der Waals surface area contributed by atoms with Gasteiger partial charge in [-0.25, -0.2) is 4.98 Å². The summed E-state index contributed by atoms with van der Waals surface area (Å²) < 4.78 is 0. The van der Waals surface area contributed by atoms with Gasteiger partial charge in [-0.15, -0.1) is 36.2 Å². The molecule has 0 aromatic carbocycles.